The molecule has 0 fully saturated rings. The third-order valence-corrected chi connectivity index (χ3v) is 4.64. The molecule has 0 spiro atoms. The molecule has 8 nitrogen and oxygen atoms in total. The van der Waals surface area contributed by atoms with Crippen molar-refractivity contribution in [2.45, 2.75) is 83.5 Å². The predicted molar refractivity (Wildman–Crippen MR) is 108 cm³/mol. The van der Waals surface area contributed by atoms with E-state index in [1.165, 1.54) is 12.2 Å². The van der Waals surface area contributed by atoms with Crippen LogP contribution in [0.3, 0.4) is 0 Å². The molecule has 0 heterocycles. The van der Waals surface area contributed by atoms with E-state index in [0.717, 1.165) is 69.8 Å². The first kappa shape index (κ1) is 26.4. The summed E-state index contributed by atoms with van der Waals surface area (Å²) in [5, 5.41) is 18.5. The zero-order valence-electron chi connectivity index (χ0n) is 17.0. The summed E-state index contributed by atoms with van der Waals surface area (Å²) in [5.74, 6) is -2.28. The Labute approximate surface area is 171 Å². The van der Waals surface area contributed by atoms with Crippen LogP contribution in [0.2, 0.25) is 0 Å². The molecule has 0 atom stereocenters. The fourth-order valence-electron chi connectivity index (χ4n) is 3.14. The van der Waals surface area contributed by atoms with Crippen molar-refractivity contribution >= 4 is 24.1 Å². The summed E-state index contributed by atoms with van der Waals surface area (Å²) in [5.41, 5.74) is 0.745. The average molecular weight is 408 g/mol. The van der Waals surface area contributed by atoms with Crippen molar-refractivity contribution in [3.8, 4) is 0 Å². The summed E-state index contributed by atoms with van der Waals surface area (Å²) in [6, 6.07) is 0. The number of isocyanates is 2. The summed E-state index contributed by atoms with van der Waals surface area (Å²) in [4.78, 5) is 49.6. The van der Waals surface area contributed by atoms with Gasteiger partial charge in [-0.2, -0.15) is 0 Å². The van der Waals surface area contributed by atoms with Crippen molar-refractivity contribution in [3.05, 3.63) is 11.1 Å². The first-order valence-corrected chi connectivity index (χ1v) is 10.3. The minimum absolute atomic E-state index is 0.0122. The van der Waals surface area contributed by atoms with Gasteiger partial charge in [0, 0.05) is 5.57 Å². The smallest absolute Gasteiger partial charge is 0.332 e. The normalized spacial score (nSPS) is 9.93. The van der Waals surface area contributed by atoms with E-state index < -0.39 is 18.4 Å². The quantitative estimate of drug-likeness (QED) is 0.142. The van der Waals surface area contributed by atoms with Crippen LogP contribution in [0.25, 0.3) is 0 Å². The molecule has 0 aromatic carbocycles. The first-order valence-electron chi connectivity index (χ1n) is 10.3. The van der Waals surface area contributed by atoms with E-state index in [1.807, 2.05) is 0 Å². The van der Waals surface area contributed by atoms with Gasteiger partial charge in [0.15, 0.2) is 0 Å². The van der Waals surface area contributed by atoms with Crippen molar-refractivity contribution in [1.82, 2.24) is 0 Å². The van der Waals surface area contributed by atoms with E-state index in [1.54, 1.807) is 0 Å². The number of unbranched alkanes of at least 4 members (excludes halogenated alkanes) is 8. The molecule has 0 saturated heterocycles. The number of allylic oxidation sites excluding steroid dienone is 1. The summed E-state index contributed by atoms with van der Waals surface area (Å²) < 4.78 is 0. The van der Waals surface area contributed by atoms with Gasteiger partial charge >= 0.3 is 11.9 Å². The van der Waals surface area contributed by atoms with Crippen molar-refractivity contribution in [1.29, 1.82) is 0 Å². The van der Waals surface area contributed by atoms with E-state index in [4.69, 9.17) is 5.11 Å². The van der Waals surface area contributed by atoms with Gasteiger partial charge in [-0.25, -0.2) is 24.4 Å². The molecular weight excluding hydrogens is 376 g/mol. The van der Waals surface area contributed by atoms with E-state index in [0.29, 0.717) is 25.9 Å². The third-order valence-electron chi connectivity index (χ3n) is 4.64. The van der Waals surface area contributed by atoms with Crippen LogP contribution < -0.4 is 0 Å². The van der Waals surface area contributed by atoms with Gasteiger partial charge < -0.3 is 10.2 Å². The number of nitrogens with zero attached hydrogens (tertiary/aromatic N) is 2. The Balaban J connectivity index is 4.50. The Morgan fingerprint density at radius 1 is 0.655 bits per heavy atom. The van der Waals surface area contributed by atoms with Gasteiger partial charge in [-0.15, -0.1) is 0 Å². The fraction of sp³-hybridized carbons (Fsp3) is 0.714. The van der Waals surface area contributed by atoms with Gasteiger partial charge in [0.05, 0.1) is 19.5 Å². The average Bonchev–Trinajstić information content (AvgIpc) is 2.68. The summed E-state index contributed by atoms with van der Waals surface area (Å²) in [7, 11) is 0. The molecule has 2 N–H and O–H groups in total. The van der Waals surface area contributed by atoms with Crippen LogP contribution in [0, 0.1) is 0 Å². The SMILES string of the molecule is O=C=NCCCCCCCC(CCCCCCCN=C=O)=C(CC(=O)O)C(=O)O. The van der Waals surface area contributed by atoms with Crippen LogP contribution in [-0.2, 0) is 19.2 Å². The maximum Gasteiger partial charge on any atom is 0.332 e. The summed E-state index contributed by atoms with van der Waals surface area (Å²) in [6.07, 6.45) is 12.7. The molecule has 0 unspecified atom stereocenters. The Kier molecular flexibility index (Phi) is 17.1. The van der Waals surface area contributed by atoms with Crippen LogP contribution in [-0.4, -0.2) is 47.4 Å². The largest absolute Gasteiger partial charge is 0.481 e. The molecule has 0 aliphatic rings. The fourth-order valence-corrected chi connectivity index (χ4v) is 3.14. The number of carboxylic acid groups (broad SMARTS) is 2. The highest BCUT2D eigenvalue weighted by Crippen LogP contribution is 2.23. The Bertz CT molecular complexity index is 583. The maximum absolute atomic E-state index is 11.5. The molecule has 8 heteroatoms. The molecule has 0 radical (unpaired) electrons. The highest BCUT2D eigenvalue weighted by molar-refractivity contribution is 5.92. The van der Waals surface area contributed by atoms with Gasteiger partial charge in [-0.05, 0) is 38.5 Å². The second-order valence-electron chi connectivity index (χ2n) is 6.94. The Hall–Kier alpha value is -2.56. The Morgan fingerprint density at radius 3 is 1.45 bits per heavy atom. The number of aliphatic imine (C=N–C) groups is 2. The molecule has 0 amide bonds. The lowest BCUT2D eigenvalue weighted by Gasteiger charge is -2.12. The predicted octanol–water partition coefficient (Wildman–Crippen LogP) is 4.20. The van der Waals surface area contributed by atoms with Crippen molar-refractivity contribution < 1.29 is 29.4 Å². The summed E-state index contributed by atoms with van der Waals surface area (Å²) >= 11 is 0. The molecule has 0 bridgehead atoms. The molecule has 0 saturated carbocycles. The number of hydrogen-bond donors (Lipinski definition) is 2. The third kappa shape index (κ3) is 16.1. The molecule has 0 aromatic heterocycles. The van der Waals surface area contributed by atoms with Crippen LogP contribution in [0.5, 0.6) is 0 Å². The second-order valence-corrected chi connectivity index (χ2v) is 6.94. The topological polar surface area (TPSA) is 133 Å². The molecule has 0 rings (SSSR count). The van der Waals surface area contributed by atoms with Crippen LogP contribution in [0.1, 0.15) is 83.5 Å². The van der Waals surface area contributed by atoms with Gasteiger partial charge in [0.1, 0.15) is 0 Å². The highest BCUT2D eigenvalue weighted by atomic mass is 16.4. The summed E-state index contributed by atoms with van der Waals surface area (Å²) in [6.45, 7) is 0.968. The zero-order valence-corrected chi connectivity index (χ0v) is 17.0. The van der Waals surface area contributed by atoms with Gasteiger partial charge in [0.25, 0.3) is 0 Å². The molecular formula is C21H32N2O6. The van der Waals surface area contributed by atoms with Crippen molar-refractivity contribution in [2.24, 2.45) is 9.98 Å². The standard InChI is InChI=1S/C21H32N2O6/c24-16-22-13-9-5-1-3-7-11-18(19(21(28)29)15-20(26)27)12-8-4-2-6-10-14-23-17-25/h1-15H2,(H,26,27)(H,28,29). The number of carboxylic acids is 2. The molecule has 162 valence electrons. The minimum Gasteiger partial charge on any atom is -0.481 e. The number of carbonyl (C=O) groups excluding carboxylic acids is 2. The molecule has 0 aliphatic heterocycles. The number of rotatable bonds is 19. The number of carbonyl (C=O) groups is 2. The molecule has 0 aliphatic carbocycles. The lowest BCUT2D eigenvalue weighted by atomic mass is 9.94. The van der Waals surface area contributed by atoms with Gasteiger partial charge in [0.2, 0.25) is 12.2 Å². The molecule has 29 heavy (non-hydrogen) atoms. The number of aliphatic carboxylic acids is 2. The minimum atomic E-state index is -1.15. The van der Waals surface area contributed by atoms with Crippen LogP contribution in [0.4, 0.5) is 0 Å². The lowest BCUT2D eigenvalue weighted by molar-refractivity contribution is -0.139. The van der Waals surface area contributed by atoms with E-state index in [-0.39, 0.29) is 5.57 Å². The van der Waals surface area contributed by atoms with Crippen LogP contribution >= 0.6 is 0 Å². The highest BCUT2D eigenvalue weighted by Gasteiger charge is 2.17. The van der Waals surface area contributed by atoms with Gasteiger partial charge in [-0.1, -0.05) is 44.1 Å². The Morgan fingerprint density at radius 2 is 1.07 bits per heavy atom. The number of hydrogen-bond acceptors (Lipinski definition) is 6. The van der Waals surface area contributed by atoms with E-state index in [9.17, 15) is 24.3 Å². The van der Waals surface area contributed by atoms with E-state index >= 15 is 0 Å². The second kappa shape index (κ2) is 18.8. The molecule has 0 aromatic rings. The first-order chi connectivity index (χ1) is 14.0. The van der Waals surface area contributed by atoms with Crippen molar-refractivity contribution in [3.63, 3.8) is 0 Å². The van der Waals surface area contributed by atoms with E-state index in [2.05, 4.69) is 9.98 Å². The zero-order chi connectivity index (χ0) is 21.7. The lowest BCUT2D eigenvalue weighted by Crippen LogP contribution is -2.10. The van der Waals surface area contributed by atoms with Crippen LogP contribution in [0.15, 0.2) is 21.1 Å². The van der Waals surface area contributed by atoms with Crippen molar-refractivity contribution in [2.75, 3.05) is 13.1 Å². The monoisotopic (exact) mass is 408 g/mol. The maximum atomic E-state index is 11.5. The van der Waals surface area contributed by atoms with Gasteiger partial charge in [-0.3, -0.25) is 4.79 Å².